The van der Waals surface area contributed by atoms with Crippen LogP contribution in [0.4, 0.5) is 0 Å². The molecule has 1 aliphatic heterocycles. The molecule has 0 amide bonds. The van der Waals surface area contributed by atoms with E-state index in [-0.39, 0.29) is 23.4 Å². The van der Waals surface area contributed by atoms with Crippen LogP contribution < -0.4 is 10.1 Å². The molecule has 336 valence electrons. The first-order valence-corrected chi connectivity index (χ1v) is 25.5. The van der Waals surface area contributed by atoms with E-state index >= 15 is 0 Å². The number of rotatable bonds is 14. The fraction of sp³-hybridized carbons (Fsp3) is 0.745. The second-order valence-corrected chi connectivity index (χ2v) is 23.9. The van der Waals surface area contributed by atoms with Crippen molar-refractivity contribution in [1.29, 1.82) is 5.26 Å². The van der Waals surface area contributed by atoms with Crippen molar-refractivity contribution >= 4 is 15.8 Å². The lowest BCUT2D eigenvalue weighted by molar-refractivity contribution is -0.214. The maximum atomic E-state index is 13.4. The van der Waals surface area contributed by atoms with Crippen molar-refractivity contribution < 1.29 is 22.7 Å². The Hall–Kier alpha value is -3.00. The molecule has 61 heavy (non-hydrogen) atoms. The summed E-state index contributed by atoms with van der Waals surface area (Å²) < 4.78 is 35.1. The van der Waals surface area contributed by atoms with Crippen LogP contribution in [0.2, 0.25) is 0 Å². The number of allylic oxidation sites excluding steroid dienone is 5. The van der Waals surface area contributed by atoms with Crippen LogP contribution in [0.5, 0.6) is 5.88 Å². The number of esters is 1. The van der Waals surface area contributed by atoms with E-state index in [1.165, 1.54) is 75.2 Å². The third-order valence-electron chi connectivity index (χ3n) is 18.2. The average molecular weight is 857 g/mol. The molecule has 3 saturated carbocycles. The number of hydrogen-bond acceptors (Lipinski definition) is 9. The first-order chi connectivity index (χ1) is 28.9. The number of aromatic nitrogens is 1. The van der Waals surface area contributed by atoms with Gasteiger partial charge in [-0.3, -0.25) is 4.79 Å². The lowest BCUT2D eigenvalue weighted by Crippen LogP contribution is -2.64. The molecule has 1 aromatic rings. The van der Waals surface area contributed by atoms with Crippen LogP contribution in [-0.2, 0) is 19.4 Å². The quantitative estimate of drug-likeness (QED) is 0.111. The molecule has 1 saturated heterocycles. The average Bonchev–Trinajstić information content (AvgIpc) is 3.23. The summed E-state index contributed by atoms with van der Waals surface area (Å²) in [5.74, 6) is 3.95. The molecular weight excluding hydrogens is 781 g/mol. The van der Waals surface area contributed by atoms with E-state index < -0.39 is 15.3 Å². The van der Waals surface area contributed by atoms with Crippen molar-refractivity contribution in [1.82, 2.24) is 15.2 Å². The topological polar surface area (TPSA) is 122 Å². The number of hydrogen-bond donors (Lipinski definition) is 1. The van der Waals surface area contributed by atoms with Gasteiger partial charge in [0.2, 0.25) is 5.88 Å². The van der Waals surface area contributed by atoms with Crippen LogP contribution in [0.1, 0.15) is 131 Å². The molecule has 0 aromatic carbocycles. The maximum absolute atomic E-state index is 13.4. The molecule has 9 nitrogen and oxygen atoms in total. The number of carbonyl (C=O) groups excluding carboxylic acids is 1. The van der Waals surface area contributed by atoms with Gasteiger partial charge in [0, 0.05) is 32.2 Å². The highest BCUT2D eigenvalue weighted by molar-refractivity contribution is 7.91. The first kappa shape index (κ1) is 46.0. The molecule has 0 bridgehead atoms. The van der Waals surface area contributed by atoms with Crippen molar-refractivity contribution in [2.75, 3.05) is 57.9 Å². The highest BCUT2D eigenvalue weighted by Gasteiger charge is 2.67. The molecule has 7 rings (SSSR count). The largest absolute Gasteiger partial charge is 0.476 e. The minimum absolute atomic E-state index is 0.0178. The zero-order chi connectivity index (χ0) is 43.8. The molecule has 4 fully saturated rings. The minimum Gasteiger partial charge on any atom is -0.476 e. The van der Waals surface area contributed by atoms with Gasteiger partial charge >= 0.3 is 5.97 Å². The van der Waals surface area contributed by atoms with E-state index in [1.54, 1.807) is 18.2 Å². The summed E-state index contributed by atoms with van der Waals surface area (Å²) >= 11 is 0. The highest BCUT2D eigenvalue weighted by Crippen LogP contribution is 2.75. The van der Waals surface area contributed by atoms with Gasteiger partial charge < -0.3 is 19.7 Å². The predicted octanol–water partition coefficient (Wildman–Crippen LogP) is 9.51. The number of nitrogens with zero attached hydrogens (tertiary/aromatic N) is 3. The summed E-state index contributed by atoms with van der Waals surface area (Å²) in [5, 5.41) is 13.0. The van der Waals surface area contributed by atoms with Crippen LogP contribution >= 0.6 is 0 Å². The van der Waals surface area contributed by atoms with Gasteiger partial charge in [-0.15, -0.1) is 0 Å². The molecule has 10 heteroatoms. The summed E-state index contributed by atoms with van der Waals surface area (Å²) in [6, 6.07) is 7.20. The molecule has 6 aliphatic rings. The summed E-state index contributed by atoms with van der Waals surface area (Å²) in [5.41, 5.74) is 4.59. The summed E-state index contributed by atoms with van der Waals surface area (Å²) in [6.07, 6.45) is 19.6. The van der Waals surface area contributed by atoms with Crippen LogP contribution in [0.15, 0.2) is 53.6 Å². The van der Waals surface area contributed by atoms with Gasteiger partial charge in [-0.25, -0.2) is 13.4 Å². The van der Waals surface area contributed by atoms with Gasteiger partial charge in [0.05, 0.1) is 18.6 Å². The number of nitriles is 1. The van der Waals surface area contributed by atoms with Crippen LogP contribution in [0, 0.1) is 68.0 Å². The van der Waals surface area contributed by atoms with E-state index in [0.29, 0.717) is 83.5 Å². The van der Waals surface area contributed by atoms with E-state index in [9.17, 15) is 18.5 Å². The van der Waals surface area contributed by atoms with Crippen molar-refractivity contribution in [3.05, 3.63) is 59.3 Å². The van der Waals surface area contributed by atoms with Gasteiger partial charge in [0.1, 0.15) is 23.8 Å². The second-order valence-electron chi connectivity index (χ2n) is 21.6. The molecule has 9 atom stereocenters. The first-order valence-electron chi connectivity index (χ1n) is 23.7. The Kier molecular flexibility index (Phi) is 13.5. The van der Waals surface area contributed by atoms with Crippen molar-refractivity contribution in [3.8, 4) is 11.9 Å². The number of sulfone groups is 1. The number of methoxy groups -OCH3 is 1. The lowest BCUT2D eigenvalue weighted by Gasteiger charge is -2.71. The Bertz CT molecular complexity index is 2010. The molecule has 0 spiro atoms. The Morgan fingerprint density at radius 1 is 1.00 bits per heavy atom. The lowest BCUT2D eigenvalue weighted by atomic mass is 9.33. The van der Waals surface area contributed by atoms with Crippen molar-refractivity contribution in [3.63, 3.8) is 0 Å². The standard InChI is InChI=1S/C51H76N4O5S/c1-36(2)39(14-11-27-53-28-29-55-30-32-61(57,58)33-31-55)40-13-10-22-49(6)42(40)16-17-44-48(5)23-20-41(47(3,4)43(48)21-24-50(44,49)7)37-18-25-51(26-19-37,46(56)59-8)35-60-45-15-9-12-38(34-52)54-45/h9,12,15,18,20,39-40,42-44,53H,1,10-11,13-14,16-17,19,21-33,35H2,2-8H3/t39-,40+,42+,43-,44+,48-,49+,50+,51?/m0/s1. The predicted molar refractivity (Wildman–Crippen MR) is 243 cm³/mol. The van der Waals surface area contributed by atoms with Crippen LogP contribution in [0.25, 0.3) is 0 Å². The fourth-order valence-electron chi connectivity index (χ4n) is 14.8. The number of nitrogens with one attached hydrogen (secondary N) is 1. The van der Waals surface area contributed by atoms with E-state index in [0.717, 1.165) is 44.8 Å². The van der Waals surface area contributed by atoms with Crippen molar-refractivity contribution in [2.24, 2.45) is 56.7 Å². The monoisotopic (exact) mass is 857 g/mol. The molecule has 1 aromatic heterocycles. The molecule has 1 N–H and O–H groups in total. The fourth-order valence-corrected chi connectivity index (χ4v) is 16.1. The number of ether oxygens (including phenoxy) is 2. The summed E-state index contributed by atoms with van der Waals surface area (Å²) in [6.45, 7) is 24.4. The van der Waals surface area contributed by atoms with Crippen molar-refractivity contribution in [2.45, 2.75) is 125 Å². The zero-order valence-electron chi connectivity index (χ0n) is 38.6. The normalized spacial score (nSPS) is 36.1. The zero-order valence-corrected chi connectivity index (χ0v) is 39.4. The van der Waals surface area contributed by atoms with Gasteiger partial charge in [0.25, 0.3) is 0 Å². The van der Waals surface area contributed by atoms with Gasteiger partial charge in [-0.05, 0) is 159 Å². The number of pyridine rings is 1. The Morgan fingerprint density at radius 3 is 2.46 bits per heavy atom. The second kappa shape index (κ2) is 17.9. The van der Waals surface area contributed by atoms with E-state index in [2.05, 4.69) is 81.5 Å². The molecule has 0 radical (unpaired) electrons. The molecule has 1 unspecified atom stereocenters. The number of fused-ring (bicyclic) bond motifs is 5. The van der Waals surface area contributed by atoms with Gasteiger partial charge in [0.15, 0.2) is 9.84 Å². The Balaban J connectivity index is 1.02. The van der Waals surface area contributed by atoms with E-state index in [4.69, 9.17) is 9.47 Å². The Morgan fingerprint density at radius 2 is 1.77 bits per heavy atom. The molecule has 2 heterocycles. The third kappa shape index (κ3) is 8.67. The third-order valence-corrected chi connectivity index (χ3v) is 19.8. The SMILES string of the molecule is C=C(C)[C@H](CCCNCCN1CCS(=O)(=O)CC1)[C@H]1CCC[C@]2(C)[C@@H]1CC[C@@H]1[C@@]3(C)CC=C(C4=CCC(COc5cccc(C#N)n5)(C(=O)OC)CC4)C(C)(C)[C@@H]3CC[C@]12C. The van der Waals surface area contributed by atoms with Gasteiger partial charge in [-0.1, -0.05) is 71.4 Å². The minimum atomic E-state index is -2.84. The van der Waals surface area contributed by atoms with E-state index in [1.807, 2.05) is 0 Å². The Labute approximate surface area is 368 Å². The highest BCUT2D eigenvalue weighted by atomic mass is 32.2. The molecule has 5 aliphatic carbocycles. The smallest absolute Gasteiger partial charge is 0.315 e. The maximum Gasteiger partial charge on any atom is 0.315 e. The summed E-state index contributed by atoms with van der Waals surface area (Å²) in [7, 11) is -1.38. The summed E-state index contributed by atoms with van der Waals surface area (Å²) in [4.78, 5) is 19.9. The molecular formula is C51H76N4O5S. The van der Waals surface area contributed by atoms with Crippen LogP contribution in [0.3, 0.4) is 0 Å². The van der Waals surface area contributed by atoms with Crippen LogP contribution in [-0.4, -0.2) is 82.2 Å². The van der Waals surface area contributed by atoms with Gasteiger partial charge in [-0.2, -0.15) is 5.26 Å². The number of carbonyl (C=O) groups is 1.